The first kappa shape index (κ1) is 26.8. The van der Waals surface area contributed by atoms with E-state index in [2.05, 4.69) is 27.3 Å². The van der Waals surface area contributed by atoms with Gasteiger partial charge in [-0.05, 0) is 52.9 Å². The number of nitrogens with one attached hydrogen (secondary N) is 2. The highest BCUT2D eigenvalue weighted by Gasteiger charge is 2.41. The lowest BCUT2D eigenvalue weighted by molar-refractivity contribution is 0.0845. The van der Waals surface area contributed by atoms with E-state index in [0.29, 0.717) is 23.5 Å². The Labute approximate surface area is 215 Å². The first-order valence-electron chi connectivity index (χ1n) is 13.2. The number of hydrogen-bond acceptors (Lipinski definition) is 8. The topological polar surface area (TPSA) is 116 Å². The number of sulfonamides is 1. The van der Waals surface area contributed by atoms with Crippen molar-refractivity contribution in [2.75, 3.05) is 36.2 Å². The van der Waals surface area contributed by atoms with Crippen LogP contribution in [0.1, 0.15) is 76.6 Å². The van der Waals surface area contributed by atoms with Crippen molar-refractivity contribution < 1.29 is 13.2 Å². The molecule has 0 saturated carbocycles. The van der Waals surface area contributed by atoms with Crippen LogP contribution in [0, 0.1) is 6.92 Å². The lowest BCUT2D eigenvalue weighted by Crippen LogP contribution is -2.56. The van der Waals surface area contributed by atoms with Gasteiger partial charge in [0.1, 0.15) is 5.82 Å². The molecule has 0 aromatic carbocycles. The quantitative estimate of drug-likeness (QED) is 0.512. The number of nitrogens with zero attached hydrogens (tertiary/aromatic N) is 5. The van der Waals surface area contributed by atoms with Crippen molar-refractivity contribution in [3.8, 4) is 0 Å². The number of piperidine rings is 1. The molecule has 2 aromatic heterocycles. The van der Waals surface area contributed by atoms with Gasteiger partial charge in [0, 0.05) is 62.1 Å². The predicted molar refractivity (Wildman–Crippen MR) is 142 cm³/mol. The van der Waals surface area contributed by atoms with Crippen LogP contribution in [-0.2, 0) is 14.8 Å². The molecule has 2 aliphatic rings. The molecule has 2 N–H and O–H groups in total. The van der Waals surface area contributed by atoms with Gasteiger partial charge in [-0.25, -0.2) is 13.4 Å². The molecule has 2 saturated heterocycles. The highest BCUT2D eigenvalue weighted by Crippen LogP contribution is 2.34. The summed E-state index contributed by atoms with van der Waals surface area (Å²) in [5.74, 6) is 2.54. The van der Waals surface area contributed by atoms with Gasteiger partial charge in [0.05, 0.1) is 11.4 Å². The first-order valence-corrected chi connectivity index (χ1v) is 14.8. The highest BCUT2D eigenvalue weighted by atomic mass is 32.2. The van der Waals surface area contributed by atoms with E-state index in [-0.39, 0.29) is 23.9 Å². The molecular formula is C25H41N7O3S. The van der Waals surface area contributed by atoms with Crippen molar-refractivity contribution in [1.82, 2.24) is 24.5 Å². The van der Waals surface area contributed by atoms with Crippen LogP contribution in [0.4, 0.5) is 17.6 Å². The van der Waals surface area contributed by atoms with Gasteiger partial charge in [0.15, 0.2) is 5.82 Å². The summed E-state index contributed by atoms with van der Waals surface area (Å²) in [6.45, 7) is 9.31. The van der Waals surface area contributed by atoms with Crippen LogP contribution in [0.3, 0.4) is 0 Å². The van der Waals surface area contributed by atoms with E-state index in [4.69, 9.17) is 14.7 Å². The number of anilines is 3. The average Bonchev–Trinajstić information content (AvgIpc) is 3.27. The third-order valence-electron chi connectivity index (χ3n) is 7.46. The Morgan fingerprint density at radius 2 is 1.92 bits per heavy atom. The minimum Gasteiger partial charge on any atom is -0.381 e. The van der Waals surface area contributed by atoms with Crippen molar-refractivity contribution in [3.63, 3.8) is 0 Å². The fourth-order valence-corrected chi connectivity index (χ4v) is 7.15. The molecule has 0 aliphatic carbocycles. The molecule has 10 nitrogen and oxygen atoms in total. The second-order valence-electron chi connectivity index (χ2n) is 10.2. The molecule has 4 heterocycles. The van der Waals surface area contributed by atoms with Gasteiger partial charge in [-0.15, -0.1) is 0 Å². The number of ether oxygens (including phenoxy) is 1. The zero-order valence-electron chi connectivity index (χ0n) is 22.2. The highest BCUT2D eigenvalue weighted by molar-refractivity contribution is 7.89. The second kappa shape index (κ2) is 11.4. The average molecular weight is 520 g/mol. The summed E-state index contributed by atoms with van der Waals surface area (Å²) in [6.07, 6.45) is 5.16. The Morgan fingerprint density at radius 1 is 1.17 bits per heavy atom. The Bertz CT molecular complexity index is 1120. The third-order valence-corrected chi connectivity index (χ3v) is 9.49. The molecule has 2 aliphatic heterocycles. The minimum atomic E-state index is -3.26. The van der Waals surface area contributed by atoms with Gasteiger partial charge in [-0.1, -0.05) is 13.3 Å². The van der Waals surface area contributed by atoms with Gasteiger partial charge in [0.2, 0.25) is 16.0 Å². The van der Waals surface area contributed by atoms with E-state index >= 15 is 0 Å². The molecule has 3 atom stereocenters. The van der Waals surface area contributed by atoms with Crippen LogP contribution in [0.2, 0.25) is 0 Å². The zero-order valence-corrected chi connectivity index (χ0v) is 23.0. The largest absolute Gasteiger partial charge is 0.381 e. The van der Waals surface area contributed by atoms with Crippen LogP contribution >= 0.6 is 0 Å². The summed E-state index contributed by atoms with van der Waals surface area (Å²) >= 11 is 0. The second-order valence-corrected chi connectivity index (χ2v) is 12.3. The number of rotatable bonds is 9. The van der Waals surface area contributed by atoms with Gasteiger partial charge in [-0.3, -0.25) is 5.10 Å². The molecule has 0 bridgehead atoms. The first-order chi connectivity index (χ1) is 17.2. The van der Waals surface area contributed by atoms with Crippen LogP contribution in [-0.4, -0.2) is 77.0 Å². The SMILES string of the molecule is CCC[C@H]1C[C@H](N(C)c2nc(Nc3cc(C)[nH]n3)cc(C3CCOCC3)n2)C[C@@H](C)N1S(=O)(=O)CC. The fraction of sp³-hybridized carbons (Fsp3) is 0.720. The van der Waals surface area contributed by atoms with Gasteiger partial charge in [0.25, 0.3) is 0 Å². The van der Waals surface area contributed by atoms with Crippen LogP contribution in [0.5, 0.6) is 0 Å². The lowest BCUT2D eigenvalue weighted by atomic mass is 9.91. The molecule has 2 fully saturated rings. The number of aryl methyl sites for hydroxylation is 1. The number of aromatic nitrogens is 4. The molecule has 0 unspecified atom stereocenters. The predicted octanol–water partition coefficient (Wildman–Crippen LogP) is 3.95. The molecule has 0 radical (unpaired) electrons. The summed E-state index contributed by atoms with van der Waals surface area (Å²) in [5, 5.41) is 10.6. The maximum atomic E-state index is 12.9. The van der Waals surface area contributed by atoms with Crippen LogP contribution in [0.25, 0.3) is 0 Å². The van der Waals surface area contributed by atoms with Crippen molar-refractivity contribution in [2.45, 2.75) is 90.3 Å². The van der Waals surface area contributed by atoms with E-state index in [0.717, 1.165) is 63.1 Å². The molecule has 4 rings (SSSR count). The van der Waals surface area contributed by atoms with E-state index < -0.39 is 10.0 Å². The number of aromatic amines is 1. The zero-order chi connectivity index (χ0) is 25.9. The summed E-state index contributed by atoms with van der Waals surface area (Å²) in [7, 11) is -1.23. The Morgan fingerprint density at radius 3 is 2.56 bits per heavy atom. The fourth-order valence-electron chi connectivity index (χ4n) is 5.57. The van der Waals surface area contributed by atoms with Gasteiger partial charge < -0.3 is 15.0 Å². The Balaban J connectivity index is 1.63. The molecular weight excluding hydrogens is 478 g/mol. The van der Waals surface area contributed by atoms with E-state index in [1.807, 2.05) is 33.0 Å². The van der Waals surface area contributed by atoms with Crippen molar-refractivity contribution in [3.05, 3.63) is 23.5 Å². The van der Waals surface area contributed by atoms with Crippen LogP contribution in [0.15, 0.2) is 12.1 Å². The Hall–Kier alpha value is -2.24. The molecule has 0 spiro atoms. The van der Waals surface area contributed by atoms with Crippen molar-refractivity contribution >= 4 is 27.6 Å². The van der Waals surface area contributed by atoms with Gasteiger partial charge in [-0.2, -0.15) is 14.4 Å². The van der Waals surface area contributed by atoms with E-state index in [1.54, 1.807) is 11.2 Å². The number of H-pyrrole nitrogens is 1. The maximum absolute atomic E-state index is 12.9. The molecule has 36 heavy (non-hydrogen) atoms. The molecule has 0 amide bonds. The van der Waals surface area contributed by atoms with Crippen LogP contribution < -0.4 is 10.2 Å². The standard InChI is InChI=1S/C25H41N7O3S/c1-6-8-20-15-21(14-18(4)32(20)36(33,34)7-2)31(5)25-26-22(19-9-11-35-12-10-19)16-23(28-25)27-24-13-17(3)29-30-24/h13,16,18-21H,6-12,14-15H2,1-5H3,(H2,26,27,28,29,30)/t18-,20+,21-/m1/s1. The van der Waals surface area contributed by atoms with Gasteiger partial charge >= 0.3 is 0 Å². The molecule has 2 aromatic rings. The number of hydrogen-bond donors (Lipinski definition) is 2. The summed E-state index contributed by atoms with van der Waals surface area (Å²) in [5.41, 5.74) is 1.98. The third kappa shape index (κ3) is 6.00. The van der Waals surface area contributed by atoms with E-state index in [9.17, 15) is 8.42 Å². The smallest absolute Gasteiger partial charge is 0.227 e. The minimum absolute atomic E-state index is 0.0144. The summed E-state index contributed by atoms with van der Waals surface area (Å²) in [6, 6.07) is 4.03. The monoisotopic (exact) mass is 519 g/mol. The Kier molecular flexibility index (Phi) is 8.52. The van der Waals surface area contributed by atoms with Crippen molar-refractivity contribution in [2.24, 2.45) is 0 Å². The lowest BCUT2D eigenvalue weighted by Gasteiger charge is -2.45. The van der Waals surface area contributed by atoms with Crippen molar-refractivity contribution in [1.29, 1.82) is 0 Å². The molecule has 11 heteroatoms. The molecule has 200 valence electrons. The van der Waals surface area contributed by atoms with E-state index in [1.165, 1.54) is 0 Å². The maximum Gasteiger partial charge on any atom is 0.227 e. The summed E-state index contributed by atoms with van der Waals surface area (Å²) in [4.78, 5) is 12.0. The normalized spacial score (nSPS) is 24.1. The summed E-state index contributed by atoms with van der Waals surface area (Å²) < 4.78 is 33.1.